The Morgan fingerprint density at radius 3 is 2.57 bits per heavy atom. The van der Waals surface area contributed by atoms with Crippen LogP contribution in [-0.4, -0.2) is 82.2 Å². The van der Waals surface area contributed by atoms with Crippen LogP contribution >= 0.6 is 0 Å². The number of nitrogens with two attached hydrogens (primary N) is 1. The van der Waals surface area contributed by atoms with E-state index in [2.05, 4.69) is 16.8 Å². The number of imide groups is 1. The number of β-amino-alcohol motifs (C(OH)–C–C–N with tert-alkyl or cyclic N) is 1. The standard InChI is InChI=1S/C17H18N4O7/c1-7-3-8-9(4-12(7)28-2)21(5-10(23)14(25)11(24)6-22)15-13(18-8)16(26)20-17(27)19-15/h3-4,10-11,14,22-25H,2,5-6H2,1H3/p+2. The van der Waals surface area contributed by atoms with Crippen molar-refractivity contribution in [2.24, 2.45) is 9.98 Å². The number of hydrogen-bond donors (Lipinski definition) is 5. The number of quaternary nitrogens is 1. The molecule has 0 spiro atoms. The fourth-order valence-electron chi connectivity index (χ4n) is 2.98. The summed E-state index contributed by atoms with van der Waals surface area (Å²) in [6.07, 6.45) is -4.79. The molecule has 0 fully saturated rings. The lowest BCUT2D eigenvalue weighted by molar-refractivity contribution is -0.460. The van der Waals surface area contributed by atoms with Gasteiger partial charge in [0.1, 0.15) is 18.3 Å². The first-order valence-corrected chi connectivity index (χ1v) is 8.36. The van der Waals surface area contributed by atoms with Gasteiger partial charge in [-0.15, -0.1) is 4.99 Å². The third kappa shape index (κ3) is 3.48. The molecule has 2 aliphatic rings. The minimum absolute atomic E-state index is 0.0841. The lowest BCUT2D eigenvalue weighted by Crippen LogP contribution is -2.95. The molecule has 6 N–H and O–H groups in total. The number of hydrogen-bond acceptors (Lipinski definition) is 8. The van der Waals surface area contributed by atoms with E-state index in [1.807, 2.05) is 0 Å². The van der Waals surface area contributed by atoms with Gasteiger partial charge < -0.3 is 25.3 Å². The fourth-order valence-corrected chi connectivity index (χ4v) is 2.98. The maximum absolute atomic E-state index is 12.2. The number of aliphatic hydroxyl groups excluding tert-OH is 4. The molecular weight excluding hydrogens is 372 g/mol. The minimum Gasteiger partial charge on any atom is -0.394 e. The highest BCUT2D eigenvalue weighted by Crippen LogP contribution is 2.39. The second-order valence-electron chi connectivity index (χ2n) is 6.41. The fraction of sp³-hybridized carbons (Fsp3) is 0.353. The first kappa shape index (κ1) is 19.9. The number of urea groups is 1. The number of rotatable bonds is 6. The van der Waals surface area contributed by atoms with E-state index >= 15 is 0 Å². The van der Waals surface area contributed by atoms with E-state index in [4.69, 9.17) is 9.53 Å². The van der Waals surface area contributed by atoms with Gasteiger partial charge in [-0.2, -0.15) is 5.32 Å². The Kier molecular flexibility index (Phi) is 5.45. The Labute approximate surface area is 159 Å². The van der Waals surface area contributed by atoms with Crippen molar-refractivity contribution in [2.75, 3.05) is 18.1 Å². The van der Waals surface area contributed by atoms with E-state index in [0.29, 0.717) is 22.7 Å². The molecule has 3 unspecified atom stereocenters. The Bertz CT molecular complexity index is 911. The topological polar surface area (TPSA) is 171 Å². The van der Waals surface area contributed by atoms with Crippen molar-refractivity contribution in [1.82, 2.24) is 0 Å². The summed E-state index contributed by atoms with van der Waals surface area (Å²) in [7, 11) is 0. The van der Waals surface area contributed by atoms with Crippen LogP contribution in [0.25, 0.3) is 0 Å². The number of aliphatic hydroxyl groups is 4. The molecule has 11 heteroatoms. The van der Waals surface area contributed by atoms with Crippen LogP contribution in [-0.2, 0) is 9.22 Å². The van der Waals surface area contributed by atoms with E-state index in [1.165, 1.54) is 4.90 Å². The summed E-state index contributed by atoms with van der Waals surface area (Å²) in [4.78, 5) is 33.4. The predicted octanol–water partition coefficient (Wildman–Crippen LogP) is -2.34. The molecule has 2 aliphatic heterocycles. The third-order valence-corrected chi connectivity index (χ3v) is 4.47. The number of fused-ring (bicyclic) bond motifs is 2. The van der Waals surface area contributed by atoms with Gasteiger partial charge >= 0.3 is 17.7 Å². The van der Waals surface area contributed by atoms with Crippen LogP contribution in [0.3, 0.4) is 0 Å². The van der Waals surface area contributed by atoms with Crippen molar-refractivity contribution >= 4 is 41.6 Å². The molecule has 0 saturated heterocycles. The summed E-state index contributed by atoms with van der Waals surface area (Å²) in [5, 5.41) is 39.7. The summed E-state index contributed by atoms with van der Waals surface area (Å²) in [5.41, 5.74) is 1.34. The summed E-state index contributed by atoms with van der Waals surface area (Å²) < 4.78 is 5.06. The maximum Gasteiger partial charge on any atom is 0.449 e. The van der Waals surface area contributed by atoms with Gasteiger partial charge in [0.25, 0.3) is 6.79 Å². The highest BCUT2D eigenvalue weighted by atomic mass is 16.4. The zero-order chi connectivity index (χ0) is 20.6. The SMILES string of the molecule is C=[O+]c1cc2c(cc1C)N=C1C(=O)[NH2+]C(=O)N=C1N2CC(O)C(O)C(O)CO. The van der Waals surface area contributed by atoms with Gasteiger partial charge in [-0.1, -0.05) is 0 Å². The molecule has 2 heterocycles. The van der Waals surface area contributed by atoms with Gasteiger partial charge in [0, 0.05) is 0 Å². The Morgan fingerprint density at radius 2 is 1.93 bits per heavy atom. The van der Waals surface area contributed by atoms with E-state index in [9.17, 15) is 24.9 Å². The second-order valence-corrected chi connectivity index (χ2v) is 6.41. The van der Waals surface area contributed by atoms with E-state index in [-0.39, 0.29) is 18.1 Å². The normalized spacial score (nSPS) is 19.2. The van der Waals surface area contributed by atoms with Gasteiger partial charge in [-0.3, -0.25) is 0 Å². The largest absolute Gasteiger partial charge is 0.449 e. The molecule has 0 radical (unpaired) electrons. The molecule has 3 rings (SSSR count). The Balaban J connectivity index is 2.10. The van der Waals surface area contributed by atoms with Gasteiger partial charge in [0.15, 0.2) is 5.84 Å². The lowest BCUT2D eigenvalue weighted by atomic mass is 10.0. The van der Waals surface area contributed by atoms with E-state index < -0.39 is 36.9 Å². The lowest BCUT2D eigenvalue weighted by Gasteiger charge is -2.33. The quantitative estimate of drug-likeness (QED) is 0.338. The van der Waals surface area contributed by atoms with Crippen LogP contribution in [0.1, 0.15) is 5.56 Å². The highest BCUT2D eigenvalue weighted by molar-refractivity contribution is 6.69. The van der Waals surface area contributed by atoms with Crippen molar-refractivity contribution in [3.05, 3.63) is 17.7 Å². The number of benzene rings is 1. The molecule has 3 atom stereocenters. The van der Waals surface area contributed by atoms with Crippen LogP contribution in [0.15, 0.2) is 22.1 Å². The first-order chi connectivity index (χ1) is 13.3. The van der Waals surface area contributed by atoms with Crippen LogP contribution in [0.2, 0.25) is 0 Å². The summed E-state index contributed by atoms with van der Waals surface area (Å²) in [6.45, 7) is 4.02. The van der Waals surface area contributed by atoms with E-state index in [1.54, 1.807) is 19.1 Å². The van der Waals surface area contributed by atoms with Crippen LogP contribution in [0.4, 0.5) is 16.2 Å². The molecule has 3 amide bonds. The van der Waals surface area contributed by atoms with Crippen molar-refractivity contribution in [1.29, 1.82) is 0 Å². The smallest absolute Gasteiger partial charge is 0.394 e. The van der Waals surface area contributed by atoms with Gasteiger partial charge in [-0.05, 0) is 13.0 Å². The molecular formula is C17H20N4O7+2. The number of amidine groups is 1. The molecule has 1 aromatic rings. The van der Waals surface area contributed by atoms with Crippen LogP contribution in [0, 0.1) is 6.92 Å². The highest BCUT2D eigenvalue weighted by Gasteiger charge is 2.41. The minimum atomic E-state index is -1.67. The maximum atomic E-state index is 12.2. The Morgan fingerprint density at radius 1 is 1.21 bits per heavy atom. The van der Waals surface area contributed by atoms with Gasteiger partial charge in [0.2, 0.25) is 5.71 Å². The molecule has 28 heavy (non-hydrogen) atoms. The van der Waals surface area contributed by atoms with E-state index in [0.717, 1.165) is 5.32 Å². The monoisotopic (exact) mass is 392 g/mol. The second kappa shape index (κ2) is 7.66. The van der Waals surface area contributed by atoms with Crippen LogP contribution in [0.5, 0.6) is 5.75 Å². The number of carbonyl (C=O) groups is 2. The molecule has 1 aromatic carbocycles. The summed E-state index contributed by atoms with van der Waals surface area (Å²) in [5.74, 6) is -0.326. The molecule has 0 bridgehead atoms. The molecule has 11 nitrogen and oxygen atoms in total. The molecule has 148 valence electrons. The number of aryl methyl sites for hydroxylation is 1. The zero-order valence-corrected chi connectivity index (χ0v) is 14.9. The van der Waals surface area contributed by atoms with Crippen molar-refractivity contribution in [3.8, 4) is 5.75 Å². The number of carbonyl (C=O) groups excluding carboxylic acids is 3. The predicted molar refractivity (Wildman–Crippen MR) is 97.1 cm³/mol. The molecule has 0 saturated carbocycles. The average molecular weight is 392 g/mol. The zero-order valence-electron chi connectivity index (χ0n) is 14.9. The van der Waals surface area contributed by atoms with Crippen molar-refractivity contribution in [3.63, 3.8) is 0 Å². The van der Waals surface area contributed by atoms with Gasteiger partial charge in [-0.25, -0.2) is 19.0 Å². The first-order valence-electron chi connectivity index (χ1n) is 8.36. The molecule has 0 aliphatic carbocycles. The average Bonchev–Trinajstić information content (AvgIpc) is 2.66. The number of anilines is 1. The number of nitrogens with zero attached hydrogens (tertiary/aromatic N) is 3. The number of amides is 3. The van der Waals surface area contributed by atoms with Crippen LogP contribution < -0.4 is 10.2 Å². The number of primary amides is 2. The van der Waals surface area contributed by atoms with Crippen molar-refractivity contribution < 1.29 is 39.8 Å². The third-order valence-electron chi connectivity index (χ3n) is 4.47. The number of aliphatic imine (C=N–C) groups is 2. The van der Waals surface area contributed by atoms with Gasteiger partial charge in [0.05, 0.1) is 36.2 Å². The Hall–Kier alpha value is -2.83. The molecule has 0 aromatic heterocycles. The summed E-state index contributed by atoms with van der Waals surface area (Å²) in [6, 6.07) is 2.41. The summed E-state index contributed by atoms with van der Waals surface area (Å²) >= 11 is 0. The van der Waals surface area contributed by atoms with Crippen molar-refractivity contribution in [2.45, 2.75) is 25.2 Å².